The van der Waals surface area contributed by atoms with Gasteiger partial charge in [0.2, 0.25) is 5.91 Å². The molecule has 4 atom stereocenters. The van der Waals surface area contributed by atoms with Crippen LogP contribution in [0.4, 0.5) is 13.2 Å². The molecular formula is C14H23F3N2O2. The molecule has 0 bridgehead atoms. The minimum absolute atomic E-state index is 0.00831. The van der Waals surface area contributed by atoms with Crippen LogP contribution in [-0.4, -0.2) is 43.9 Å². The summed E-state index contributed by atoms with van der Waals surface area (Å²) < 4.78 is 41.4. The molecule has 0 radical (unpaired) electrons. The van der Waals surface area contributed by atoms with Crippen LogP contribution < -0.4 is 10.6 Å². The molecule has 2 aliphatic rings. The fourth-order valence-corrected chi connectivity index (χ4v) is 3.11. The quantitative estimate of drug-likeness (QED) is 0.833. The molecule has 0 aromatic heterocycles. The molecule has 2 N–H and O–H groups in total. The van der Waals surface area contributed by atoms with Gasteiger partial charge in [-0.2, -0.15) is 13.2 Å². The van der Waals surface area contributed by atoms with Crippen molar-refractivity contribution in [1.29, 1.82) is 0 Å². The van der Waals surface area contributed by atoms with Gasteiger partial charge in [-0.3, -0.25) is 4.79 Å². The third-order valence-electron chi connectivity index (χ3n) is 4.31. The van der Waals surface area contributed by atoms with Gasteiger partial charge in [-0.25, -0.2) is 0 Å². The summed E-state index contributed by atoms with van der Waals surface area (Å²) in [5, 5.41) is 6.15. The summed E-state index contributed by atoms with van der Waals surface area (Å²) in [5.41, 5.74) is 0. The van der Waals surface area contributed by atoms with Gasteiger partial charge in [0.1, 0.15) is 6.61 Å². The molecule has 2 fully saturated rings. The molecule has 4 nitrogen and oxygen atoms in total. The first kappa shape index (κ1) is 16.5. The number of rotatable bonds is 4. The Kier molecular flexibility index (Phi) is 5.48. The molecule has 7 heteroatoms. The number of carbonyl (C=O) groups is 1. The van der Waals surface area contributed by atoms with Gasteiger partial charge in [-0.15, -0.1) is 0 Å². The molecule has 1 heterocycles. The Labute approximate surface area is 122 Å². The van der Waals surface area contributed by atoms with Crippen LogP contribution >= 0.6 is 0 Å². The molecule has 21 heavy (non-hydrogen) atoms. The summed E-state index contributed by atoms with van der Waals surface area (Å²) in [6, 6.07) is -0.0720. The van der Waals surface area contributed by atoms with Gasteiger partial charge in [0.05, 0.1) is 12.0 Å². The predicted octanol–water partition coefficient (Wildman–Crippen LogP) is 1.85. The van der Waals surface area contributed by atoms with E-state index >= 15 is 0 Å². The maximum atomic E-state index is 12.2. The number of halogens is 3. The van der Waals surface area contributed by atoms with Crippen molar-refractivity contribution in [3.05, 3.63) is 0 Å². The topological polar surface area (TPSA) is 50.4 Å². The first-order valence-electron chi connectivity index (χ1n) is 7.54. The smallest absolute Gasteiger partial charge is 0.369 e. The second-order valence-electron chi connectivity index (χ2n) is 6.16. The minimum Gasteiger partial charge on any atom is -0.369 e. The van der Waals surface area contributed by atoms with Crippen LogP contribution in [0.5, 0.6) is 0 Å². The second-order valence-corrected chi connectivity index (χ2v) is 6.16. The molecule has 2 rings (SSSR count). The van der Waals surface area contributed by atoms with Gasteiger partial charge in [0.15, 0.2) is 0 Å². The number of hydrogen-bond donors (Lipinski definition) is 2. The minimum atomic E-state index is -4.29. The average Bonchev–Trinajstić information content (AvgIpc) is 2.82. The Morgan fingerprint density at radius 3 is 2.71 bits per heavy atom. The Bertz CT molecular complexity index is 363. The molecule has 0 aromatic rings. The van der Waals surface area contributed by atoms with Crippen LogP contribution in [0.1, 0.15) is 32.6 Å². The van der Waals surface area contributed by atoms with E-state index in [1.54, 1.807) is 0 Å². The number of alkyl halides is 3. The molecule has 0 aromatic carbocycles. The lowest BCUT2D eigenvalue weighted by Crippen LogP contribution is -2.44. The lowest BCUT2D eigenvalue weighted by atomic mass is 9.91. The number of ether oxygens (including phenoxy) is 1. The van der Waals surface area contributed by atoms with Gasteiger partial charge in [0, 0.05) is 12.6 Å². The molecular weight excluding hydrogens is 285 g/mol. The van der Waals surface area contributed by atoms with Crippen LogP contribution in [0.25, 0.3) is 0 Å². The van der Waals surface area contributed by atoms with Gasteiger partial charge in [-0.05, 0) is 38.1 Å². The van der Waals surface area contributed by atoms with Crippen LogP contribution in [-0.2, 0) is 9.53 Å². The molecule has 1 saturated heterocycles. The van der Waals surface area contributed by atoms with Crippen molar-refractivity contribution in [2.75, 3.05) is 19.7 Å². The normalized spacial score (nSPS) is 33.9. The van der Waals surface area contributed by atoms with E-state index < -0.39 is 18.9 Å². The van der Waals surface area contributed by atoms with Gasteiger partial charge in [-0.1, -0.05) is 6.92 Å². The van der Waals surface area contributed by atoms with Gasteiger partial charge < -0.3 is 15.4 Å². The van der Waals surface area contributed by atoms with Crippen molar-refractivity contribution in [2.24, 2.45) is 11.8 Å². The summed E-state index contributed by atoms with van der Waals surface area (Å²) in [5.74, 6) is 0.265. The van der Waals surface area contributed by atoms with E-state index in [2.05, 4.69) is 10.6 Å². The lowest BCUT2D eigenvalue weighted by molar-refractivity contribution is -0.188. The number of amides is 1. The predicted molar refractivity (Wildman–Crippen MR) is 71.7 cm³/mol. The average molecular weight is 308 g/mol. The molecule has 1 aliphatic heterocycles. The molecule has 0 spiro atoms. The lowest BCUT2D eigenvalue weighted by Gasteiger charge is -2.31. The van der Waals surface area contributed by atoms with E-state index in [0.717, 1.165) is 19.4 Å². The van der Waals surface area contributed by atoms with Gasteiger partial charge >= 0.3 is 6.18 Å². The highest BCUT2D eigenvalue weighted by Gasteiger charge is 2.34. The van der Waals surface area contributed by atoms with Crippen molar-refractivity contribution in [2.45, 2.75) is 50.9 Å². The third kappa shape index (κ3) is 5.14. The SMILES string of the molecule is CC1CNCC1C(=O)NC1CCCC(OCC(F)(F)F)C1. The van der Waals surface area contributed by atoms with Crippen molar-refractivity contribution in [3.8, 4) is 0 Å². The fraction of sp³-hybridized carbons (Fsp3) is 0.929. The van der Waals surface area contributed by atoms with E-state index in [-0.39, 0.29) is 17.9 Å². The first-order chi connectivity index (χ1) is 9.85. The second kappa shape index (κ2) is 6.96. The number of carbonyl (C=O) groups excluding carboxylic acids is 1. The summed E-state index contributed by atoms with van der Waals surface area (Å²) in [7, 11) is 0. The Hall–Kier alpha value is -0.820. The first-order valence-corrected chi connectivity index (χ1v) is 7.54. The van der Waals surface area contributed by atoms with E-state index in [1.165, 1.54) is 0 Å². The summed E-state index contributed by atoms with van der Waals surface area (Å²) in [4.78, 5) is 12.2. The van der Waals surface area contributed by atoms with Crippen LogP contribution in [0.3, 0.4) is 0 Å². The fourth-order valence-electron chi connectivity index (χ4n) is 3.11. The zero-order chi connectivity index (χ0) is 15.5. The van der Waals surface area contributed by atoms with Crippen LogP contribution in [0, 0.1) is 11.8 Å². The van der Waals surface area contributed by atoms with E-state index in [1.807, 2.05) is 6.92 Å². The highest BCUT2D eigenvalue weighted by molar-refractivity contribution is 5.79. The zero-order valence-electron chi connectivity index (χ0n) is 12.2. The standard InChI is InChI=1S/C14H23F3N2O2/c1-9-6-18-7-12(9)13(20)19-10-3-2-4-11(5-10)21-8-14(15,16)17/h9-12,18H,2-8H2,1H3,(H,19,20). The summed E-state index contributed by atoms with van der Waals surface area (Å²) in [6.07, 6.45) is -2.01. The molecule has 122 valence electrons. The number of nitrogens with one attached hydrogen (secondary N) is 2. The third-order valence-corrected chi connectivity index (χ3v) is 4.31. The summed E-state index contributed by atoms with van der Waals surface area (Å²) in [6.45, 7) is 2.33. The van der Waals surface area contributed by atoms with Crippen LogP contribution in [0.2, 0.25) is 0 Å². The maximum Gasteiger partial charge on any atom is 0.411 e. The Morgan fingerprint density at radius 2 is 2.10 bits per heavy atom. The van der Waals surface area contributed by atoms with E-state index in [4.69, 9.17) is 4.74 Å². The monoisotopic (exact) mass is 308 g/mol. The van der Waals surface area contributed by atoms with Crippen molar-refractivity contribution >= 4 is 5.91 Å². The molecule has 1 aliphatic carbocycles. The highest BCUT2D eigenvalue weighted by atomic mass is 19.4. The summed E-state index contributed by atoms with van der Waals surface area (Å²) >= 11 is 0. The Morgan fingerprint density at radius 1 is 1.33 bits per heavy atom. The van der Waals surface area contributed by atoms with Crippen molar-refractivity contribution in [1.82, 2.24) is 10.6 Å². The van der Waals surface area contributed by atoms with Crippen molar-refractivity contribution < 1.29 is 22.7 Å². The maximum absolute atomic E-state index is 12.2. The van der Waals surface area contributed by atoms with Gasteiger partial charge in [0.25, 0.3) is 0 Å². The molecule has 1 amide bonds. The highest BCUT2D eigenvalue weighted by Crippen LogP contribution is 2.25. The largest absolute Gasteiger partial charge is 0.411 e. The zero-order valence-corrected chi connectivity index (χ0v) is 12.2. The number of hydrogen-bond acceptors (Lipinski definition) is 3. The van der Waals surface area contributed by atoms with E-state index in [0.29, 0.717) is 25.3 Å². The van der Waals surface area contributed by atoms with Crippen LogP contribution in [0.15, 0.2) is 0 Å². The molecule has 1 saturated carbocycles. The Balaban J connectivity index is 1.77. The molecule has 4 unspecified atom stereocenters. The van der Waals surface area contributed by atoms with Crippen molar-refractivity contribution in [3.63, 3.8) is 0 Å². The van der Waals surface area contributed by atoms with E-state index in [9.17, 15) is 18.0 Å².